The lowest BCUT2D eigenvalue weighted by Gasteiger charge is -2.02. The van der Waals surface area contributed by atoms with E-state index in [2.05, 4.69) is 0 Å². The third-order valence-electron chi connectivity index (χ3n) is 1.95. The first kappa shape index (κ1) is 12.3. The van der Waals surface area contributed by atoms with Gasteiger partial charge < -0.3 is 14.0 Å². The lowest BCUT2D eigenvalue weighted by Crippen LogP contribution is -2.11. The van der Waals surface area contributed by atoms with Crippen LogP contribution in [0.1, 0.15) is 34.6 Å². The summed E-state index contributed by atoms with van der Waals surface area (Å²) < 4.78 is 11.3. The van der Waals surface area contributed by atoms with Crippen LogP contribution >= 0.6 is 0 Å². The molecule has 0 bridgehead atoms. The maximum atomic E-state index is 11.5. The van der Waals surface area contributed by atoms with Gasteiger partial charge in [0.1, 0.15) is 0 Å². The summed E-state index contributed by atoms with van der Waals surface area (Å²) in [6, 6.07) is 0. The van der Waals surface area contributed by atoms with E-state index in [1.165, 1.54) is 0 Å². The van der Waals surface area contributed by atoms with Gasteiger partial charge in [0.2, 0.25) is 0 Å². The summed E-state index contributed by atoms with van der Waals surface area (Å²) in [7, 11) is 1.73. The number of rotatable bonds is 4. The van der Waals surface area contributed by atoms with Crippen LogP contribution in [0.3, 0.4) is 0 Å². The summed E-state index contributed by atoms with van der Waals surface area (Å²) in [6.45, 7) is 3.97. The molecule has 0 N–H and O–H groups in total. The Morgan fingerprint density at radius 1 is 1.06 bits per heavy atom. The Balaban J connectivity index is 2.99. The number of hydrogen-bond acceptors (Lipinski definition) is 4. The van der Waals surface area contributed by atoms with Gasteiger partial charge in [-0.15, -0.1) is 0 Å². The zero-order valence-corrected chi connectivity index (χ0v) is 9.65. The van der Waals surface area contributed by atoms with E-state index in [0.717, 1.165) is 0 Å². The molecule has 0 aromatic carbocycles. The van der Waals surface area contributed by atoms with Crippen LogP contribution in [0.2, 0.25) is 0 Å². The molecule has 0 saturated carbocycles. The van der Waals surface area contributed by atoms with Crippen molar-refractivity contribution in [1.29, 1.82) is 0 Å². The highest BCUT2D eigenvalue weighted by Gasteiger charge is 2.21. The van der Waals surface area contributed by atoms with Crippen molar-refractivity contribution in [3.63, 3.8) is 0 Å². The molecule has 0 aliphatic rings. The lowest BCUT2D eigenvalue weighted by atomic mass is 10.2. The van der Waals surface area contributed by atoms with E-state index in [1.54, 1.807) is 37.9 Å². The molecule has 0 saturated heterocycles. The maximum absolute atomic E-state index is 11.5. The Morgan fingerprint density at radius 3 is 1.75 bits per heavy atom. The van der Waals surface area contributed by atoms with E-state index in [-0.39, 0.29) is 24.3 Å². The number of ether oxygens (including phenoxy) is 2. The molecule has 5 heteroatoms. The number of hydrogen-bond donors (Lipinski definition) is 0. The summed E-state index contributed by atoms with van der Waals surface area (Å²) in [4.78, 5) is 23.1. The number of aryl methyl sites for hydroxylation is 1. The molecule has 1 aromatic heterocycles. The molecule has 16 heavy (non-hydrogen) atoms. The zero-order chi connectivity index (χ0) is 12.1. The van der Waals surface area contributed by atoms with Crippen molar-refractivity contribution in [2.24, 2.45) is 7.05 Å². The highest BCUT2D eigenvalue weighted by atomic mass is 16.5. The summed E-state index contributed by atoms with van der Waals surface area (Å²) in [6.07, 6.45) is 3.09. The van der Waals surface area contributed by atoms with Crippen molar-refractivity contribution in [3.8, 4) is 0 Å². The molecule has 1 rings (SSSR count). The number of carbonyl (C=O) groups excluding carboxylic acids is 2. The van der Waals surface area contributed by atoms with Gasteiger partial charge in [0, 0.05) is 19.4 Å². The van der Waals surface area contributed by atoms with Gasteiger partial charge in [0.05, 0.1) is 24.3 Å². The predicted molar refractivity (Wildman–Crippen MR) is 57.3 cm³/mol. The van der Waals surface area contributed by atoms with Crippen LogP contribution in [-0.2, 0) is 16.5 Å². The zero-order valence-electron chi connectivity index (χ0n) is 9.65. The summed E-state index contributed by atoms with van der Waals surface area (Å²) in [5.41, 5.74) is 0.477. The molecular formula is C11H15NO4. The number of aromatic nitrogens is 1. The molecular weight excluding hydrogens is 210 g/mol. The summed E-state index contributed by atoms with van der Waals surface area (Å²) in [5.74, 6) is -1.02. The van der Waals surface area contributed by atoms with E-state index < -0.39 is 11.9 Å². The standard InChI is InChI=1S/C11H15NO4/c1-4-15-10(13)8-6-12(3)7-9(8)11(14)16-5-2/h6-7H,4-5H2,1-3H3. The third-order valence-corrected chi connectivity index (χ3v) is 1.95. The van der Waals surface area contributed by atoms with E-state index in [1.807, 2.05) is 0 Å². The highest BCUT2D eigenvalue weighted by Crippen LogP contribution is 2.13. The molecule has 0 aliphatic heterocycles. The average Bonchev–Trinajstić information content (AvgIpc) is 2.61. The van der Waals surface area contributed by atoms with Gasteiger partial charge in [0.15, 0.2) is 0 Å². The Kier molecular flexibility index (Phi) is 4.10. The molecule has 5 nitrogen and oxygen atoms in total. The molecule has 0 aliphatic carbocycles. The van der Waals surface area contributed by atoms with Crippen molar-refractivity contribution in [1.82, 2.24) is 4.57 Å². The van der Waals surface area contributed by atoms with Crippen LogP contribution in [0.25, 0.3) is 0 Å². The van der Waals surface area contributed by atoms with Gasteiger partial charge in [-0.3, -0.25) is 0 Å². The van der Waals surface area contributed by atoms with Crippen LogP contribution < -0.4 is 0 Å². The van der Waals surface area contributed by atoms with Gasteiger partial charge in [-0.2, -0.15) is 0 Å². The van der Waals surface area contributed by atoms with Crippen molar-refractivity contribution < 1.29 is 19.1 Å². The van der Waals surface area contributed by atoms with Crippen molar-refractivity contribution in [3.05, 3.63) is 23.5 Å². The monoisotopic (exact) mass is 225 g/mol. The Bertz CT molecular complexity index is 359. The molecule has 1 heterocycles. The van der Waals surface area contributed by atoms with Crippen LogP contribution in [0.4, 0.5) is 0 Å². The molecule has 0 amide bonds. The van der Waals surface area contributed by atoms with Crippen LogP contribution in [0, 0.1) is 0 Å². The van der Waals surface area contributed by atoms with E-state index in [4.69, 9.17) is 9.47 Å². The molecule has 0 atom stereocenters. The van der Waals surface area contributed by atoms with E-state index in [9.17, 15) is 9.59 Å². The normalized spacial score (nSPS) is 9.94. The third kappa shape index (κ3) is 2.62. The second-order valence-electron chi connectivity index (χ2n) is 3.19. The fourth-order valence-corrected chi connectivity index (χ4v) is 1.33. The molecule has 88 valence electrons. The van der Waals surface area contributed by atoms with Gasteiger partial charge in [-0.05, 0) is 13.8 Å². The average molecular weight is 225 g/mol. The lowest BCUT2D eigenvalue weighted by molar-refractivity contribution is 0.0480. The molecule has 0 fully saturated rings. The minimum atomic E-state index is -0.508. The summed E-state index contributed by atoms with van der Waals surface area (Å²) >= 11 is 0. The van der Waals surface area contributed by atoms with Gasteiger partial charge in [-0.25, -0.2) is 9.59 Å². The number of carbonyl (C=O) groups is 2. The molecule has 0 radical (unpaired) electrons. The SMILES string of the molecule is CCOC(=O)c1cn(C)cc1C(=O)OCC. The van der Waals surface area contributed by atoms with E-state index >= 15 is 0 Å². The minimum Gasteiger partial charge on any atom is -0.462 e. The first-order chi connectivity index (χ1) is 7.60. The number of esters is 2. The first-order valence-electron chi connectivity index (χ1n) is 5.10. The second-order valence-corrected chi connectivity index (χ2v) is 3.19. The van der Waals surface area contributed by atoms with Crippen molar-refractivity contribution in [2.75, 3.05) is 13.2 Å². The topological polar surface area (TPSA) is 57.5 Å². The van der Waals surface area contributed by atoms with Crippen LogP contribution in [-0.4, -0.2) is 29.7 Å². The van der Waals surface area contributed by atoms with Gasteiger partial charge in [0.25, 0.3) is 0 Å². The highest BCUT2D eigenvalue weighted by molar-refractivity contribution is 6.03. The Labute approximate surface area is 94.0 Å². The molecule has 1 aromatic rings. The van der Waals surface area contributed by atoms with Gasteiger partial charge in [-0.1, -0.05) is 0 Å². The smallest absolute Gasteiger partial charge is 0.340 e. The van der Waals surface area contributed by atoms with Crippen LogP contribution in [0.5, 0.6) is 0 Å². The van der Waals surface area contributed by atoms with E-state index in [0.29, 0.717) is 0 Å². The second kappa shape index (κ2) is 5.34. The fourth-order valence-electron chi connectivity index (χ4n) is 1.33. The van der Waals surface area contributed by atoms with Crippen molar-refractivity contribution in [2.45, 2.75) is 13.8 Å². The largest absolute Gasteiger partial charge is 0.462 e. The minimum absolute atomic E-state index is 0.239. The Hall–Kier alpha value is -1.78. The summed E-state index contributed by atoms with van der Waals surface area (Å²) in [5, 5.41) is 0. The predicted octanol–water partition coefficient (Wildman–Crippen LogP) is 1.38. The molecule has 0 spiro atoms. The first-order valence-corrected chi connectivity index (χ1v) is 5.10. The number of nitrogens with zero attached hydrogens (tertiary/aromatic N) is 1. The van der Waals surface area contributed by atoms with Crippen molar-refractivity contribution >= 4 is 11.9 Å². The molecule has 0 unspecified atom stereocenters. The van der Waals surface area contributed by atoms with Crippen LogP contribution in [0.15, 0.2) is 12.4 Å². The maximum Gasteiger partial charge on any atom is 0.340 e. The quantitative estimate of drug-likeness (QED) is 0.726. The fraction of sp³-hybridized carbons (Fsp3) is 0.455. The van der Waals surface area contributed by atoms with Gasteiger partial charge >= 0.3 is 11.9 Å². The Morgan fingerprint density at radius 2 is 1.44 bits per heavy atom.